The van der Waals surface area contributed by atoms with Gasteiger partial charge in [0.25, 0.3) is 0 Å². The lowest BCUT2D eigenvalue weighted by Crippen LogP contribution is -2.49. The molecule has 4 aromatic rings. The molecule has 0 radical (unpaired) electrons. The Balaban J connectivity index is 1.20. The molecule has 1 amide bonds. The van der Waals surface area contributed by atoms with Crippen molar-refractivity contribution < 1.29 is 4.79 Å². The Morgan fingerprint density at radius 2 is 1.62 bits per heavy atom. The average Bonchev–Trinajstić information content (AvgIpc) is 3.27. The summed E-state index contributed by atoms with van der Waals surface area (Å²) in [5.41, 5.74) is 3.64. The first-order chi connectivity index (χ1) is 15.8. The molecule has 9 heteroatoms. The van der Waals surface area contributed by atoms with Crippen LogP contribution in [0.15, 0.2) is 72.0 Å². The minimum absolute atomic E-state index is 0.117. The molecule has 2 aromatic heterocycles. The van der Waals surface area contributed by atoms with Gasteiger partial charge < -0.3 is 9.80 Å². The second-order valence-electron chi connectivity index (χ2n) is 7.58. The van der Waals surface area contributed by atoms with Crippen molar-refractivity contribution in [2.24, 2.45) is 0 Å². The normalized spacial score (nSPS) is 14.1. The number of aromatic nitrogens is 5. The first-order valence-corrected chi connectivity index (χ1v) is 11.6. The molecular formula is C23H23N7OS. The van der Waals surface area contributed by atoms with Gasteiger partial charge >= 0.3 is 0 Å². The maximum Gasteiger partial charge on any atom is 0.233 e. The number of rotatable bonds is 6. The summed E-state index contributed by atoms with van der Waals surface area (Å²) in [6, 6.07) is 20.4. The highest BCUT2D eigenvalue weighted by Crippen LogP contribution is 2.24. The third kappa shape index (κ3) is 4.43. The van der Waals surface area contributed by atoms with Crippen LogP contribution in [0.25, 0.3) is 11.2 Å². The summed E-state index contributed by atoms with van der Waals surface area (Å²) in [4.78, 5) is 25.8. The van der Waals surface area contributed by atoms with Crippen molar-refractivity contribution in [1.82, 2.24) is 29.9 Å². The number of hydrogen-bond acceptors (Lipinski definition) is 7. The third-order valence-corrected chi connectivity index (χ3v) is 6.49. The minimum atomic E-state index is 0.117. The average molecular weight is 446 g/mol. The fraction of sp³-hybridized carbons (Fsp3) is 0.261. The first kappa shape index (κ1) is 20.4. The Hall–Kier alpha value is -3.46. The lowest BCUT2D eigenvalue weighted by atomic mass is 10.2. The van der Waals surface area contributed by atoms with Gasteiger partial charge in [0, 0.05) is 31.9 Å². The van der Waals surface area contributed by atoms with Gasteiger partial charge in [0.15, 0.2) is 11.2 Å². The zero-order valence-electron chi connectivity index (χ0n) is 17.5. The quantitative estimate of drug-likeness (QED) is 0.333. The zero-order valence-corrected chi connectivity index (χ0v) is 18.4. The van der Waals surface area contributed by atoms with Gasteiger partial charge in [-0.1, -0.05) is 65.5 Å². The number of para-hydroxylation sites is 1. The summed E-state index contributed by atoms with van der Waals surface area (Å²) in [5, 5.41) is 9.23. The van der Waals surface area contributed by atoms with Crippen molar-refractivity contribution in [2.75, 3.05) is 36.8 Å². The van der Waals surface area contributed by atoms with E-state index in [0.29, 0.717) is 28.5 Å². The van der Waals surface area contributed by atoms with E-state index in [1.54, 1.807) is 4.68 Å². The number of carbonyl (C=O) groups is 1. The van der Waals surface area contributed by atoms with Crippen LogP contribution in [0.3, 0.4) is 0 Å². The Morgan fingerprint density at radius 3 is 2.38 bits per heavy atom. The summed E-state index contributed by atoms with van der Waals surface area (Å²) >= 11 is 1.40. The van der Waals surface area contributed by atoms with E-state index in [-0.39, 0.29) is 5.91 Å². The van der Waals surface area contributed by atoms with E-state index in [1.165, 1.54) is 23.8 Å². The molecule has 0 atom stereocenters. The van der Waals surface area contributed by atoms with Gasteiger partial charge in [0.05, 0.1) is 12.3 Å². The van der Waals surface area contributed by atoms with Gasteiger partial charge in [0.2, 0.25) is 5.91 Å². The van der Waals surface area contributed by atoms with E-state index in [2.05, 4.69) is 37.3 Å². The number of piperazine rings is 1. The van der Waals surface area contributed by atoms with E-state index >= 15 is 0 Å². The Labute approximate surface area is 190 Å². The number of benzene rings is 2. The predicted octanol–water partition coefficient (Wildman–Crippen LogP) is 2.71. The van der Waals surface area contributed by atoms with E-state index < -0.39 is 0 Å². The SMILES string of the molecule is O=C(CSc1ncnc2c1nnn2Cc1ccccc1)N1CCN(c2ccccc2)CC1. The molecule has 1 fully saturated rings. The van der Waals surface area contributed by atoms with Gasteiger partial charge in [-0.2, -0.15) is 0 Å². The second kappa shape index (κ2) is 9.35. The molecule has 8 nitrogen and oxygen atoms in total. The summed E-state index contributed by atoms with van der Waals surface area (Å²) in [5.74, 6) is 0.439. The standard InChI is InChI=1S/C23H23N7OS/c31-20(29-13-11-28(12-14-29)19-9-5-2-6-10-19)16-32-23-21-22(24-17-25-23)30(27-26-21)15-18-7-3-1-4-8-18/h1-10,17H,11-16H2. The third-order valence-electron chi connectivity index (χ3n) is 5.53. The summed E-state index contributed by atoms with van der Waals surface area (Å²) in [7, 11) is 0. The van der Waals surface area contributed by atoms with Crippen molar-refractivity contribution in [2.45, 2.75) is 11.6 Å². The molecule has 2 aromatic carbocycles. The molecule has 32 heavy (non-hydrogen) atoms. The topological polar surface area (TPSA) is 80.0 Å². The van der Waals surface area contributed by atoms with Crippen LogP contribution in [0.5, 0.6) is 0 Å². The van der Waals surface area contributed by atoms with Gasteiger partial charge in [-0.15, -0.1) is 5.10 Å². The van der Waals surface area contributed by atoms with Crippen LogP contribution in [-0.4, -0.2) is 67.7 Å². The smallest absolute Gasteiger partial charge is 0.233 e. The summed E-state index contributed by atoms with van der Waals surface area (Å²) in [6.45, 7) is 3.71. The molecule has 1 saturated heterocycles. The van der Waals surface area contributed by atoms with E-state index in [4.69, 9.17) is 0 Å². The molecule has 0 unspecified atom stereocenters. The maximum absolute atomic E-state index is 12.8. The Kier molecular flexibility index (Phi) is 5.98. The molecule has 0 aliphatic carbocycles. The molecule has 162 valence electrons. The molecule has 3 heterocycles. The molecule has 0 saturated carbocycles. The van der Waals surface area contributed by atoms with Crippen molar-refractivity contribution in [3.63, 3.8) is 0 Å². The highest BCUT2D eigenvalue weighted by Gasteiger charge is 2.22. The summed E-state index contributed by atoms with van der Waals surface area (Å²) in [6.07, 6.45) is 1.51. The number of nitrogens with zero attached hydrogens (tertiary/aromatic N) is 7. The molecule has 0 N–H and O–H groups in total. The van der Waals surface area contributed by atoms with Gasteiger partial charge in [-0.25, -0.2) is 14.6 Å². The lowest BCUT2D eigenvalue weighted by Gasteiger charge is -2.36. The maximum atomic E-state index is 12.8. The fourth-order valence-electron chi connectivity index (χ4n) is 3.81. The first-order valence-electron chi connectivity index (χ1n) is 10.6. The monoisotopic (exact) mass is 445 g/mol. The van der Waals surface area contributed by atoms with E-state index in [0.717, 1.165) is 31.7 Å². The van der Waals surface area contributed by atoms with Crippen LogP contribution in [0.4, 0.5) is 5.69 Å². The van der Waals surface area contributed by atoms with Crippen molar-refractivity contribution in [1.29, 1.82) is 0 Å². The van der Waals surface area contributed by atoms with Crippen LogP contribution in [0.1, 0.15) is 5.56 Å². The number of anilines is 1. The van der Waals surface area contributed by atoms with Gasteiger partial charge in [0.1, 0.15) is 11.4 Å². The molecule has 0 spiro atoms. The number of thioether (sulfide) groups is 1. The highest BCUT2D eigenvalue weighted by molar-refractivity contribution is 8.00. The lowest BCUT2D eigenvalue weighted by molar-refractivity contribution is -0.128. The molecule has 1 aliphatic heterocycles. The minimum Gasteiger partial charge on any atom is -0.368 e. The predicted molar refractivity (Wildman–Crippen MR) is 125 cm³/mol. The zero-order chi connectivity index (χ0) is 21.8. The summed E-state index contributed by atoms with van der Waals surface area (Å²) < 4.78 is 1.76. The van der Waals surface area contributed by atoms with Crippen LogP contribution in [0.2, 0.25) is 0 Å². The largest absolute Gasteiger partial charge is 0.368 e. The van der Waals surface area contributed by atoms with Crippen molar-refractivity contribution >= 4 is 34.5 Å². The van der Waals surface area contributed by atoms with Crippen molar-refractivity contribution in [3.8, 4) is 0 Å². The van der Waals surface area contributed by atoms with Crippen LogP contribution in [0, 0.1) is 0 Å². The number of amides is 1. The van der Waals surface area contributed by atoms with E-state index in [1.807, 2.05) is 53.4 Å². The second-order valence-corrected chi connectivity index (χ2v) is 8.54. The number of carbonyl (C=O) groups excluding carboxylic acids is 1. The highest BCUT2D eigenvalue weighted by atomic mass is 32.2. The fourth-order valence-corrected chi connectivity index (χ4v) is 4.65. The van der Waals surface area contributed by atoms with Crippen molar-refractivity contribution in [3.05, 3.63) is 72.6 Å². The van der Waals surface area contributed by atoms with Crippen LogP contribution >= 0.6 is 11.8 Å². The molecular weight excluding hydrogens is 422 g/mol. The molecule has 0 bridgehead atoms. The van der Waals surface area contributed by atoms with Crippen LogP contribution in [-0.2, 0) is 11.3 Å². The Morgan fingerprint density at radius 1 is 0.906 bits per heavy atom. The molecule has 1 aliphatic rings. The Bertz CT molecular complexity index is 1190. The number of hydrogen-bond donors (Lipinski definition) is 0. The number of fused-ring (bicyclic) bond motifs is 1. The van der Waals surface area contributed by atoms with Crippen LogP contribution < -0.4 is 4.90 Å². The van der Waals surface area contributed by atoms with Gasteiger partial charge in [-0.05, 0) is 17.7 Å². The van der Waals surface area contributed by atoms with Gasteiger partial charge in [-0.3, -0.25) is 4.79 Å². The van der Waals surface area contributed by atoms with E-state index in [9.17, 15) is 4.79 Å². The molecule has 5 rings (SSSR count).